The Morgan fingerprint density at radius 2 is 1.85 bits per heavy atom. The average molecular weight is 282 g/mol. The second-order valence-electron chi connectivity index (χ2n) is 5.59. The predicted molar refractivity (Wildman–Crippen MR) is 83.0 cm³/mol. The Labute approximate surface area is 123 Å². The van der Waals surface area contributed by atoms with Crippen LogP contribution in [0.4, 0.5) is 6.01 Å². The van der Waals surface area contributed by atoms with Crippen molar-refractivity contribution < 1.29 is 4.42 Å². The smallest absolute Gasteiger partial charge is 0.318 e. The highest BCUT2D eigenvalue weighted by molar-refractivity contribution is 5.25. The van der Waals surface area contributed by atoms with Gasteiger partial charge in [-0.05, 0) is 40.2 Å². The number of hydrogen-bond donors (Lipinski definition) is 1. The van der Waals surface area contributed by atoms with Crippen LogP contribution in [0.3, 0.4) is 0 Å². The van der Waals surface area contributed by atoms with E-state index in [0.29, 0.717) is 17.9 Å². The third-order valence-corrected chi connectivity index (χ3v) is 3.37. The van der Waals surface area contributed by atoms with Crippen molar-refractivity contribution in [2.24, 2.45) is 0 Å². The molecule has 0 aromatic carbocycles. The van der Waals surface area contributed by atoms with Crippen molar-refractivity contribution in [2.45, 2.75) is 72.4 Å². The lowest BCUT2D eigenvalue weighted by molar-refractivity contribution is 0.408. The fourth-order valence-corrected chi connectivity index (χ4v) is 2.07. The average Bonchev–Trinajstić information content (AvgIpc) is 2.90. The Kier molecular flexibility index (Phi) is 7.59. The van der Waals surface area contributed by atoms with E-state index >= 15 is 0 Å². The first-order valence-corrected chi connectivity index (χ1v) is 7.93. The van der Waals surface area contributed by atoms with E-state index in [1.165, 1.54) is 12.8 Å². The summed E-state index contributed by atoms with van der Waals surface area (Å²) in [4.78, 5) is 2.19. The molecule has 0 aliphatic carbocycles. The Morgan fingerprint density at radius 1 is 1.10 bits per heavy atom. The fourth-order valence-electron chi connectivity index (χ4n) is 2.07. The van der Waals surface area contributed by atoms with E-state index in [0.717, 1.165) is 25.9 Å². The number of aromatic nitrogens is 2. The summed E-state index contributed by atoms with van der Waals surface area (Å²) in [7, 11) is 0. The topological polar surface area (TPSA) is 54.2 Å². The summed E-state index contributed by atoms with van der Waals surface area (Å²) in [5.74, 6) is 0.676. The van der Waals surface area contributed by atoms with Crippen molar-refractivity contribution in [3.63, 3.8) is 0 Å². The lowest BCUT2D eigenvalue weighted by atomic mass is 10.2. The fraction of sp³-hybridized carbons (Fsp3) is 0.867. The molecule has 0 fully saturated rings. The molecule has 1 atom stereocenters. The first-order valence-electron chi connectivity index (χ1n) is 7.93. The van der Waals surface area contributed by atoms with Gasteiger partial charge in [-0.25, -0.2) is 0 Å². The molecule has 1 heterocycles. The first-order chi connectivity index (χ1) is 9.60. The van der Waals surface area contributed by atoms with Crippen molar-refractivity contribution in [3.8, 4) is 0 Å². The number of unbranched alkanes of at least 4 members (excludes halogenated alkanes) is 2. The molecule has 0 spiro atoms. The van der Waals surface area contributed by atoms with E-state index in [1.54, 1.807) is 0 Å². The molecular formula is C15H30N4O. The maximum atomic E-state index is 5.84. The van der Waals surface area contributed by atoms with Crippen LogP contribution in [0, 0.1) is 0 Å². The molecule has 1 unspecified atom stereocenters. The zero-order valence-electron chi connectivity index (χ0n) is 13.6. The minimum Gasteiger partial charge on any atom is -0.406 e. The third-order valence-electron chi connectivity index (χ3n) is 3.37. The molecule has 1 N–H and O–H groups in total. The van der Waals surface area contributed by atoms with Crippen LogP contribution in [-0.2, 0) is 0 Å². The highest BCUT2D eigenvalue weighted by Crippen LogP contribution is 2.19. The van der Waals surface area contributed by atoms with Gasteiger partial charge in [0.05, 0.1) is 6.04 Å². The van der Waals surface area contributed by atoms with Crippen LogP contribution in [0.25, 0.3) is 0 Å². The predicted octanol–water partition coefficient (Wildman–Crippen LogP) is 3.54. The van der Waals surface area contributed by atoms with E-state index in [4.69, 9.17) is 4.42 Å². The van der Waals surface area contributed by atoms with Crippen LogP contribution < -0.4 is 10.2 Å². The second-order valence-corrected chi connectivity index (χ2v) is 5.59. The summed E-state index contributed by atoms with van der Waals surface area (Å²) in [6, 6.07) is 1.14. The van der Waals surface area contributed by atoms with Crippen LogP contribution in [0.15, 0.2) is 4.42 Å². The highest BCUT2D eigenvalue weighted by Gasteiger charge is 2.19. The molecular weight excluding hydrogens is 252 g/mol. The Bertz CT molecular complexity index is 365. The molecule has 1 aromatic heterocycles. The van der Waals surface area contributed by atoms with Gasteiger partial charge in [0.15, 0.2) is 0 Å². The number of nitrogens with one attached hydrogen (secondary N) is 1. The lowest BCUT2D eigenvalue weighted by Gasteiger charge is -2.24. The molecule has 0 amide bonds. The maximum Gasteiger partial charge on any atom is 0.318 e. The van der Waals surface area contributed by atoms with Crippen molar-refractivity contribution in [1.29, 1.82) is 0 Å². The quantitative estimate of drug-likeness (QED) is 0.665. The molecule has 0 aliphatic heterocycles. The number of rotatable bonds is 10. The monoisotopic (exact) mass is 282 g/mol. The molecule has 1 aromatic rings. The molecule has 20 heavy (non-hydrogen) atoms. The first kappa shape index (κ1) is 17.0. The van der Waals surface area contributed by atoms with Crippen molar-refractivity contribution >= 4 is 6.01 Å². The van der Waals surface area contributed by atoms with E-state index in [-0.39, 0.29) is 6.04 Å². The van der Waals surface area contributed by atoms with Gasteiger partial charge in [0.2, 0.25) is 5.89 Å². The minimum absolute atomic E-state index is 0.112. The summed E-state index contributed by atoms with van der Waals surface area (Å²) in [6.07, 6.45) is 4.72. The summed E-state index contributed by atoms with van der Waals surface area (Å²) in [5, 5.41) is 11.8. The largest absolute Gasteiger partial charge is 0.406 e. The normalized spacial score (nSPS) is 12.9. The van der Waals surface area contributed by atoms with E-state index in [9.17, 15) is 0 Å². The van der Waals surface area contributed by atoms with E-state index in [2.05, 4.69) is 55.0 Å². The van der Waals surface area contributed by atoms with Gasteiger partial charge in [0.25, 0.3) is 0 Å². The highest BCUT2D eigenvalue weighted by atomic mass is 16.4. The molecule has 0 radical (unpaired) electrons. The number of anilines is 1. The van der Waals surface area contributed by atoms with Gasteiger partial charge in [-0.15, -0.1) is 5.10 Å². The molecule has 0 aliphatic rings. The standard InChI is InChI=1S/C15H30N4O/c1-6-8-9-11-19(12(3)4)15-18-17-14(20-15)13(5)16-10-7-2/h12-13,16H,6-11H2,1-5H3. The molecule has 1 rings (SSSR count). The van der Waals surface area contributed by atoms with E-state index < -0.39 is 0 Å². The lowest BCUT2D eigenvalue weighted by Crippen LogP contribution is -2.32. The van der Waals surface area contributed by atoms with Crippen molar-refractivity contribution in [3.05, 3.63) is 5.89 Å². The van der Waals surface area contributed by atoms with Gasteiger partial charge in [-0.2, -0.15) is 0 Å². The molecule has 116 valence electrons. The Hall–Kier alpha value is -1.10. The van der Waals surface area contributed by atoms with Gasteiger partial charge in [-0.3, -0.25) is 0 Å². The molecule has 0 saturated heterocycles. The molecule has 0 bridgehead atoms. The van der Waals surface area contributed by atoms with Crippen LogP contribution >= 0.6 is 0 Å². The zero-order chi connectivity index (χ0) is 15.0. The number of hydrogen-bond acceptors (Lipinski definition) is 5. The minimum atomic E-state index is 0.112. The van der Waals surface area contributed by atoms with Crippen LogP contribution in [0.5, 0.6) is 0 Å². The molecule has 0 saturated carbocycles. The van der Waals surface area contributed by atoms with Gasteiger partial charge < -0.3 is 14.6 Å². The molecule has 5 nitrogen and oxygen atoms in total. The molecule has 5 heteroatoms. The van der Waals surface area contributed by atoms with Crippen LogP contribution in [0.2, 0.25) is 0 Å². The Morgan fingerprint density at radius 3 is 2.45 bits per heavy atom. The Balaban J connectivity index is 2.65. The maximum absolute atomic E-state index is 5.84. The zero-order valence-corrected chi connectivity index (χ0v) is 13.6. The van der Waals surface area contributed by atoms with Gasteiger partial charge >= 0.3 is 6.01 Å². The van der Waals surface area contributed by atoms with Crippen LogP contribution in [0.1, 0.15) is 72.2 Å². The van der Waals surface area contributed by atoms with Gasteiger partial charge in [-0.1, -0.05) is 31.8 Å². The van der Waals surface area contributed by atoms with Gasteiger partial charge in [0.1, 0.15) is 0 Å². The van der Waals surface area contributed by atoms with Gasteiger partial charge in [0, 0.05) is 12.6 Å². The summed E-state index contributed by atoms with van der Waals surface area (Å²) in [5.41, 5.74) is 0. The summed E-state index contributed by atoms with van der Waals surface area (Å²) in [6.45, 7) is 12.7. The SMILES string of the molecule is CCCCCN(c1nnc(C(C)NCCC)o1)C(C)C. The number of nitrogens with zero attached hydrogens (tertiary/aromatic N) is 3. The van der Waals surface area contributed by atoms with Crippen molar-refractivity contribution in [1.82, 2.24) is 15.5 Å². The summed E-state index contributed by atoms with van der Waals surface area (Å²) >= 11 is 0. The third kappa shape index (κ3) is 5.12. The summed E-state index contributed by atoms with van der Waals surface area (Å²) < 4.78 is 5.84. The van der Waals surface area contributed by atoms with Crippen LogP contribution in [-0.4, -0.2) is 29.3 Å². The second kappa shape index (κ2) is 8.95. The van der Waals surface area contributed by atoms with Crippen molar-refractivity contribution in [2.75, 3.05) is 18.0 Å². The van der Waals surface area contributed by atoms with E-state index in [1.807, 2.05) is 0 Å².